The van der Waals surface area contributed by atoms with Crippen LogP contribution in [0.4, 0.5) is 4.39 Å². The highest BCUT2D eigenvalue weighted by Gasteiger charge is 2.12. The lowest BCUT2D eigenvalue weighted by molar-refractivity contribution is 0.399. The lowest BCUT2D eigenvalue weighted by atomic mass is 10.1. The monoisotopic (exact) mass is 327 g/mol. The Morgan fingerprint density at radius 3 is 2.43 bits per heavy atom. The minimum absolute atomic E-state index is 0.0755. The summed E-state index contributed by atoms with van der Waals surface area (Å²) in [6.45, 7) is 2.52. The summed E-state index contributed by atoms with van der Waals surface area (Å²) in [6.07, 6.45) is 0. The SMILES string of the molecule is COc1ccc(F)cc1C(C)NCc1cc(Cl)cc(Cl)c1. The van der Waals surface area contributed by atoms with E-state index in [1.165, 1.54) is 12.1 Å². The number of methoxy groups -OCH3 is 1. The maximum Gasteiger partial charge on any atom is 0.123 e. The molecule has 1 unspecified atom stereocenters. The number of nitrogens with one attached hydrogen (secondary N) is 1. The molecule has 0 aromatic heterocycles. The fourth-order valence-corrected chi connectivity index (χ4v) is 2.71. The summed E-state index contributed by atoms with van der Waals surface area (Å²) in [5.74, 6) is 0.366. The third-order valence-electron chi connectivity index (χ3n) is 3.19. The van der Waals surface area contributed by atoms with Crippen LogP contribution in [0.25, 0.3) is 0 Å². The Kier molecular flexibility index (Phi) is 5.45. The van der Waals surface area contributed by atoms with E-state index in [1.54, 1.807) is 19.2 Å². The van der Waals surface area contributed by atoms with Gasteiger partial charge in [-0.15, -0.1) is 0 Å². The summed E-state index contributed by atoms with van der Waals surface area (Å²) in [4.78, 5) is 0. The second-order valence-corrected chi connectivity index (χ2v) is 5.64. The van der Waals surface area contributed by atoms with E-state index in [1.807, 2.05) is 19.1 Å². The molecule has 2 aromatic carbocycles. The lowest BCUT2D eigenvalue weighted by Gasteiger charge is -2.17. The number of rotatable bonds is 5. The van der Waals surface area contributed by atoms with E-state index in [-0.39, 0.29) is 11.9 Å². The number of hydrogen-bond acceptors (Lipinski definition) is 2. The van der Waals surface area contributed by atoms with Crippen LogP contribution in [0.1, 0.15) is 24.1 Å². The van der Waals surface area contributed by atoms with E-state index < -0.39 is 0 Å². The van der Waals surface area contributed by atoms with Crippen LogP contribution in [0.3, 0.4) is 0 Å². The van der Waals surface area contributed by atoms with Gasteiger partial charge in [0, 0.05) is 28.2 Å². The fourth-order valence-electron chi connectivity index (χ4n) is 2.14. The van der Waals surface area contributed by atoms with Crippen molar-refractivity contribution in [2.24, 2.45) is 0 Å². The molecular weight excluding hydrogens is 312 g/mol. The van der Waals surface area contributed by atoms with E-state index >= 15 is 0 Å². The quantitative estimate of drug-likeness (QED) is 0.835. The molecule has 0 saturated carbocycles. The van der Waals surface area contributed by atoms with Crippen molar-refractivity contribution in [3.8, 4) is 5.75 Å². The first-order valence-electron chi connectivity index (χ1n) is 6.51. The van der Waals surface area contributed by atoms with Gasteiger partial charge in [0.2, 0.25) is 0 Å². The van der Waals surface area contributed by atoms with Gasteiger partial charge in [-0.2, -0.15) is 0 Å². The van der Waals surface area contributed by atoms with Crippen molar-refractivity contribution >= 4 is 23.2 Å². The van der Waals surface area contributed by atoms with Crippen LogP contribution in [-0.4, -0.2) is 7.11 Å². The number of benzene rings is 2. The molecule has 0 amide bonds. The van der Waals surface area contributed by atoms with Gasteiger partial charge in [0.25, 0.3) is 0 Å². The summed E-state index contributed by atoms with van der Waals surface area (Å²) < 4.78 is 18.7. The molecule has 1 N–H and O–H groups in total. The standard InChI is InChI=1S/C16H16Cl2FNO/c1-10(15-8-14(19)3-4-16(15)21-2)20-9-11-5-12(17)7-13(18)6-11/h3-8,10,20H,9H2,1-2H3. The summed E-state index contributed by atoms with van der Waals surface area (Å²) in [5, 5.41) is 4.49. The van der Waals surface area contributed by atoms with Crippen LogP contribution in [0.2, 0.25) is 10.0 Å². The van der Waals surface area contributed by atoms with E-state index in [0.717, 1.165) is 11.1 Å². The zero-order valence-corrected chi connectivity index (χ0v) is 13.3. The Balaban J connectivity index is 2.11. The van der Waals surface area contributed by atoms with Crippen LogP contribution < -0.4 is 10.1 Å². The number of hydrogen-bond donors (Lipinski definition) is 1. The summed E-state index contributed by atoms with van der Waals surface area (Å²) in [6, 6.07) is 9.78. The molecule has 0 saturated heterocycles. The molecule has 0 heterocycles. The van der Waals surface area contributed by atoms with Crippen LogP contribution in [0.15, 0.2) is 36.4 Å². The first-order chi connectivity index (χ1) is 9.99. The first kappa shape index (κ1) is 16.1. The second kappa shape index (κ2) is 7.12. The van der Waals surface area contributed by atoms with E-state index in [0.29, 0.717) is 22.3 Å². The topological polar surface area (TPSA) is 21.3 Å². The molecule has 2 aromatic rings. The van der Waals surface area contributed by atoms with Gasteiger partial charge in [0.15, 0.2) is 0 Å². The van der Waals surface area contributed by atoms with E-state index in [2.05, 4.69) is 5.32 Å². The maximum absolute atomic E-state index is 13.4. The van der Waals surface area contributed by atoms with Crippen molar-refractivity contribution in [3.63, 3.8) is 0 Å². The molecule has 5 heteroatoms. The predicted molar refractivity (Wildman–Crippen MR) is 84.7 cm³/mol. The Morgan fingerprint density at radius 1 is 1.14 bits per heavy atom. The minimum atomic E-state index is -0.287. The molecule has 21 heavy (non-hydrogen) atoms. The average molecular weight is 328 g/mol. The molecule has 0 aliphatic heterocycles. The van der Waals surface area contributed by atoms with Gasteiger partial charge in [-0.05, 0) is 48.9 Å². The third kappa shape index (κ3) is 4.34. The largest absolute Gasteiger partial charge is 0.496 e. The Morgan fingerprint density at radius 2 is 1.81 bits per heavy atom. The molecule has 112 valence electrons. The molecule has 2 nitrogen and oxygen atoms in total. The minimum Gasteiger partial charge on any atom is -0.496 e. The van der Waals surface area contributed by atoms with Crippen molar-refractivity contribution in [2.45, 2.75) is 19.5 Å². The van der Waals surface area contributed by atoms with Gasteiger partial charge < -0.3 is 10.1 Å². The smallest absolute Gasteiger partial charge is 0.123 e. The molecule has 0 aliphatic carbocycles. The zero-order chi connectivity index (χ0) is 15.4. The highest BCUT2D eigenvalue weighted by molar-refractivity contribution is 6.34. The predicted octanol–water partition coefficient (Wildman–Crippen LogP) is 4.99. The van der Waals surface area contributed by atoms with Crippen LogP contribution in [0.5, 0.6) is 5.75 Å². The second-order valence-electron chi connectivity index (χ2n) is 4.77. The van der Waals surface area contributed by atoms with Crippen molar-refractivity contribution in [3.05, 3.63) is 63.4 Å². The summed E-state index contributed by atoms with van der Waals surface area (Å²) >= 11 is 11.9. The first-order valence-corrected chi connectivity index (χ1v) is 7.27. The van der Waals surface area contributed by atoms with Crippen molar-refractivity contribution < 1.29 is 9.13 Å². The lowest BCUT2D eigenvalue weighted by Crippen LogP contribution is -2.19. The van der Waals surface area contributed by atoms with Crippen molar-refractivity contribution in [1.29, 1.82) is 0 Å². The Labute approximate surface area is 133 Å². The van der Waals surface area contributed by atoms with Crippen molar-refractivity contribution in [1.82, 2.24) is 5.32 Å². The Bertz CT molecular complexity index is 613. The highest BCUT2D eigenvalue weighted by atomic mass is 35.5. The average Bonchev–Trinajstić information content (AvgIpc) is 2.43. The highest BCUT2D eigenvalue weighted by Crippen LogP contribution is 2.26. The van der Waals surface area contributed by atoms with Crippen LogP contribution >= 0.6 is 23.2 Å². The zero-order valence-electron chi connectivity index (χ0n) is 11.8. The van der Waals surface area contributed by atoms with Gasteiger partial charge in [-0.25, -0.2) is 4.39 Å². The molecule has 0 spiro atoms. The molecule has 0 fully saturated rings. The van der Waals surface area contributed by atoms with Gasteiger partial charge in [-0.1, -0.05) is 23.2 Å². The van der Waals surface area contributed by atoms with Gasteiger partial charge >= 0.3 is 0 Å². The van der Waals surface area contributed by atoms with Crippen LogP contribution in [-0.2, 0) is 6.54 Å². The summed E-state index contributed by atoms with van der Waals surface area (Å²) in [7, 11) is 1.57. The molecule has 0 radical (unpaired) electrons. The Hall–Kier alpha value is -1.29. The molecule has 0 bridgehead atoms. The maximum atomic E-state index is 13.4. The summed E-state index contributed by atoms with van der Waals surface area (Å²) in [5.41, 5.74) is 1.74. The fraction of sp³-hybridized carbons (Fsp3) is 0.250. The van der Waals surface area contributed by atoms with E-state index in [4.69, 9.17) is 27.9 Å². The van der Waals surface area contributed by atoms with Gasteiger partial charge in [-0.3, -0.25) is 0 Å². The number of halogens is 3. The molecule has 2 rings (SSSR count). The van der Waals surface area contributed by atoms with Crippen molar-refractivity contribution in [2.75, 3.05) is 7.11 Å². The molecule has 0 aliphatic rings. The normalized spacial score (nSPS) is 12.2. The third-order valence-corrected chi connectivity index (χ3v) is 3.63. The van der Waals surface area contributed by atoms with E-state index in [9.17, 15) is 4.39 Å². The molecular formula is C16H16Cl2FNO. The van der Waals surface area contributed by atoms with Crippen LogP contribution in [0, 0.1) is 5.82 Å². The number of ether oxygens (including phenoxy) is 1. The van der Waals surface area contributed by atoms with Gasteiger partial charge in [0.05, 0.1) is 7.11 Å². The molecule has 1 atom stereocenters. The van der Waals surface area contributed by atoms with Gasteiger partial charge in [0.1, 0.15) is 11.6 Å².